The van der Waals surface area contributed by atoms with Gasteiger partial charge in [0.2, 0.25) is 0 Å². The van der Waals surface area contributed by atoms with E-state index in [1.54, 1.807) is 0 Å². The lowest BCUT2D eigenvalue weighted by molar-refractivity contribution is -0.155. The zero-order chi connectivity index (χ0) is 12.0. The van der Waals surface area contributed by atoms with E-state index in [1.807, 2.05) is 0 Å². The highest BCUT2D eigenvalue weighted by Crippen LogP contribution is 2.62. The van der Waals surface area contributed by atoms with Gasteiger partial charge >= 0.3 is 5.97 Å². The van der Waals surface area contributed by atoms with Crippen molar-refractivity contribution in [3.8, 4) is 0 Å². The second-order valence-electron chi connectivity index (χ2n) is 6.29. The first kappa shape index (κ1) is 11.9. The quantitative estimate of drug-likeness (QED) is 0.801. The van der Waals surface area contributed by atoms with Crippen LogP contribution in [0.4, 0.5) is 0 Å². The molecule has 2 unspecified atom stereocenters. The molecule has 2 fully saturated rings. The van der Waals surface area contributed by atoms with E-state index >= 15 is 0 Å². The van der Waals surface area contributed by atoms with Crippen molar-refractivity contribution in [1.82, 2.24) is 0 Å². The number of carboxylic acids is 1. The van der Waals surface area contributed by atoms with Crippen LogP contribution in [-0.4, -0.2) is 24.3 Å². The van der Waals surface area contributed by atoms with E-state index < -0.39 is 12.1 Å². The van der Waals surface area contributed by atoms with E-state index in [0.29, 0.717) is 11.3 Å². The Kier molecular flexibility index (Phi) is 2.77. The summed E-state index contributed by atoms with van der Waals surface area (Å²) in [6.07, 6.45) is 5.00. The third-order valence-corrected chi connectivity index (χ3v) is 4.59. The summed E-state index contributed by atoms with van der Waals surface area (Å²) in [5.74, 6) is -0.242. The largest absolute Gasteiger partial charge is 0.479 e. The molecule has 1 N–H and O–H groups in total. The minimum absolute atomic E-state index is 0.0473. The highest BCUT2D eigenvalue weighted by Gasteiger charge is 2.59. The molecule has 0 heterocycles. The van der Waals surface area contributed by atoms with Gasteiger partial charge in [-0.15, -0.1) is 0 Å². The molecule has 3 nitrogen and oxygen atoms in total. The van der Waals surface area contributed by atoms with Gasteiger partial charge in [-0.25, -0.2) is 4.79 Å². The highest BCUT2D eigenvalue weighted by molar-refractivity contribution is 5.74. The molecule has 0 radical (unpaired) electrons. The van der Waals surface area contributed by atoms with Gasteiger partial charge in [0.15, 0.2) is 6.10 Å². The standard InChI is InChI=1S/C13H22O3/c1-12(2)5-4-9(8-12)13(6-7-13)10(16-3)11(14)15/h9-10H,4-8H2,1-3H3,(H,14,15). The van der Waals surface area contributed by atoms with Crippen LogP contribution in [0, 0.1) is 16.7 Å². The van der Waals surface area contributed by atoms with Crippen LogP contribution in [0.2, 0.25) is 0 Å². The second kappa shape index (κ2) is 3.73. The van der Waals surface area contributed by atoms with Gasteiger partial charge in [-0.05, 0) is 43.4 Å². The molecule has 92 valence electrons. The minimum Gasteiger partial charge on any atom is -0.479 e. The Balaban J connectivity index is 2.11. The molecule has 3 heteroatoms. The molecular formula is C13H22O3. The van der Waals surface area contributed by atoms with Gasteiger partial charge in [-0.3, -0.25) is 0 Å². The monoisotopic (exact) mass is 226 g/mol. The van der Waals surface area contributed by atoms with Crippen molar-refractivity contribution in [2.24, 2.45) is 16.7 Å². The Bertz CT molecular complexity index is 292. The number of rotatable bonds is 4. The van der Waals surface area contributed by atoms with Crippen LogP contribution in [0.3, 0.4) is 0 Å². The fourth-order valence-corrected chi connectivity index (χ4v) is 3.54. The first-order valence-electron chi connectivity index (χ1n) is 6.17. The van der Waals surface area contributed by atoms with Gasteiger partial charge in [0, 0.05) is 12.5 Å². The summed E-state index contributed by atoms with van der Waals surface area (Å²) in [6.45, 7) is 4.57. The maximum Gasteiger partial charge on any atom is 0.333 e. The maximum absolute atomic E-state index is 11.2. The Morgan fingerprint density at radius 3 is 2.31 bits per heavy atom. The molecule has 0 aliphatic heterocycles. The summed E-state index contributed by atoms with van der Waals surface area (Å²) in [5, 5.41) is 9.21. The molecule has 2 saturated carbocycles. The van der Waals surface area contributed by atoms with E-state index in [2.05, 4.69) is 13.8 Å². The minimum atomic E-state index is -0.787. The first-order valence-corrected chi connectivity index (χ1v) is 6.17. The Hall–Kier alpha value is -0.570. The van der Waals surface area contributed by atoms with Crippen molar-refractivity contribution in [1.29, 1.82) is 0 Å². The van der Waals surface area contributed by atoms with Gasteiger partial charge in [0.25, 0.3) is 0 Å². The highest BCUT2D eigenvalue weighted by atomic mass is 16.5. The normalized spacial score (nSPS) is 32.3. The zero-order valence-electron chi connectivity index (χ0n) is 10.5. The number of carboxylic acid groups (broad SMARTS) is 1. The first-order chi connectivity index (χ1) is 7.41. The molecule has 0 aromatic rings. The summed E-state index contributed by atoms with van der Waals surface area (Å²) >= 11 is 0. The summed E-state index contributed by atoms with van der Waals surface area (Å²) in [5.41, 5.74) is 0.339. The molecule has 0 amide bonds. The van der Waals surface area contributed by atoms with Crippen LogP contribution in [0.5, 0.6) is 0 Å². The molecule has 2 atom stereocenters. The van der Waals surface area contributed by atoms with Crippen molar-refractivity contribution >= 4 is 5.97 Å². The van der Waals surface area contributed by atoms with Crippen LogP contribution < -0.4 is 0 Å². The molecular weight excluding hydrogens is 204 g/mol. The van der Waals surface area contributed by atoms with E-state index in [-0.39, 0.29) is 5.41 Å². The summed E-state index contributed by atoms with van der Waals surface area (Å²) in [6, 6.07) is 0. The number of aliphatic carboxylic acids is 1. The van der Waals surface area contributed by atoms with Crippen molar-refractivity contribution < 1.29 is 14.6 Å². The average molecular weight is 226 g/mol. The van der Waals surface area contributed by atoms with Crippen molar-refractivity contribution in [2.45, 2.75) is 52.1 Å². The van der Waals surface area contributed by atoms with Gasteiger partial charge in [0.05, 0.1) is 0 Å². The summed E-state index contributed by atoms with van der Waals surface area (Å²) in [4.78, 5) is 11.2. The van der Waals surface area contributed by atoms with E-state index in [9.17, 15) is 9.90 Å². The molecule has 0 aromatic carbocycles. The number of hydrogen-bond donors (Lipinski definition) is 1. The topological polar surface area (TPSA) is 46.5 Å². The molecule has 2 aliphatic carbocycles. The molecule has 0 aromatic heterocycles. The molecule has 0 bridgehead atoms. The van der Waals surface area contributed by atoms with Crippen LogP contribution >= 0.6 is 0 Å². The third kappa shape index (κ3) is 1.86. The Morgan fingerprint density at radius 2 is 2.00 bits per heavy atom. The van der Waals surface area contributed by atoms with Crippen molar-refractivity contribution in [2.75, 3.05) is 7.11 Å². The van der Waals surface area contributed by atoms with E-state index in [0.717, 1.165) is 19.3 Å². The second-order valence-corrected chi connectivity index (χ2v) is 6.29. The third-order valence-electron chi connectivity index (χ3n) is 4.59. The Labute approximate surface area is 97.2 Å². The van der Waals surface area contributed by atoms with E-state index in [4.69, 9.17) is 4.74 Å². The number of ether oxygens (including phenoxy) is 1. The van der Waals surface area contributed by atoms with Crippen LogP contribution in [0.25, 0.3) is 0 Å². The lowest BCUT2D eigenvalue weighted by Gasteiger charge is -2.29. The summed E-state index contributed by atoms with van der Waals surface area (Å²) < 4.78 is 5.22. The molecule has 0 spiro atoms. The zero-order valence-corrected chi connectivity index (χ0v) is 10.5. The molecule has 0 saturated heterocycles. The van der Waals surface area contributed by atoms with E-state index in [1.165, 1.54) is 20.0 Å². The van der Waals surface area contributed by atoms with Crippen LogP contribution in [0.1, 0.15) is 46.0 Å². The molecule has 2 aliphatic rings. The van der Waals surface area contributed by atoms with Crippen LogP contribution in [-0.2, 0) is 9.53 Å². The van der Waals surface area contributed by atoms with Crippen LogP contribution in [0.15, 0.2) is 0 Å². The van der Waals surface area contributed by atoms with Crippen molar-refractivity contribution in [3.05, 3.63) is 0 Å². The molecule has 16 heavy (non-hydrogen) atoms. The number of carbonyl (C=O) groups is 1. The predicted octanol–water partition coefficient (Wildman–Crippen LogP) is 2.69. The Morgan fingerprint density at radius 1 is 1.38 bits per heavy atom. The smallest absolute Gasteiger partial charge is 0.333 e. The van der Waals surface area contributed by atoms with Crippen molar-refractivity contribution in [3.63, 3.8) is 0 Å². The number of hydrogen-bond acceptors (Lipinski definition) is 2. The maximum atomic E-state index is 11.2. The SMILES string of the molecule is COC(C(=O)O)C1(C2CCC(C)(C)C2)CC1. The summed E-state index contributed by atoms with van der Waals surface area (Å²) in [7, 11) is 1.53. The van der Waals surface area contributed by atoms with Gasteiger partial charge in [-0.2, -0.15) is 0 Å². The predicted molar refractivity (Wildman–Crippen MR) is 61.2 cm³/mol. The fourth-order valence-electron chi connectivity index (χ4n) is 3.54. The number of methoxy groups -OCH3 is 1. The van der Waals surface area contributed by atoms with Gasteiger partial charge in [-0.1, -0.05) is 13.8 Å². The molecule has 2 rings (SSSR count). The lowest BCUT2D eigenvalue weighted by atomic mass is 9.80. The lowest BCUT2D eigenvalue weighted by Crippen LogP contribution is -2.37. The van der Waals surface area contributed by atoms with Gasteiger partial charge in [0.1, 0.15) is 0 Å². The van der Waals surface area contributed by atoms with Gasteiger partial charge < -0.3 is 9.84 Å². The fraction of sp³-hybridized carbons (Fsp3) is 0.923. The average Bonchev–Trinajstić information content (AvgIpc) is 2.87.